The molecule has 0 N–H and O–H groups in total. The van der Waals surface area contributed by atoms with Gasteiger partial charge in [-0.1, -0.05) is 45.4 Å². The van der Waals surface area contributed by atoms with Gasteiger partial charge in [0.1, 0.15) is 6.54 Å². The summed E-state index contributed by atoms with van der Waals surface area (Å²) in [6.07, 6.45) is 15.6. The fourth-order valence-corrected chi connectivity index (χ4v) is 2.22. The number of rotatable bonds is 9. The van der Waals surface area contributed by atoms with Gasteiger partial charge < -0.3 is 17.3 Å². The van der Waals surface area contributed by atoms with Crippen LogP contribution in [-0.4, -0.2) is 7.25 Å². The van der Waals surface area contributed by atoms with E-state index in [1.54, 1.807) is 0 Å². The van der Waals surface area contributed by atoms with Gasteiger partial charge in [0.25, 0.3) is 0 Å². The molecule has 0 saturated heterocycles. The van der Waals surface area contributed by atoms with Crippen molar-refractivity contribution in [1.82, 2.24) is 0 Å². The summed E-state index contributed by atoms with van der Waals surface area (Å²) in [5, 5.41) is 0. The number of halogens is 4. The first-order valence-corrected chi connectivity index (χ1v) is 8.16. The third-order valence-corrected chi connectivity index (χ3v) is 3.28. The fraction of sp³-hybridized carbons (Fsp3) is 0.688. The molecular formula is C16H28BF4N. The van der Waals surface area contributed by atoms with Crippen LogP contribution in [0, 0.1) is 6.92 Å². The molecule has 0 bridgehead atoms. The minimum Gasteiger partial charge on any atom is -0.418 e. The maximum atomic E-state index is 9.75. The van der Waals surface area contributed by atoms with Crippen LogP contribution in [0.4, 0.5) is 17.3 Å². The largest absolute Gasteiger partial charge is 0.673 e. The van der Waals surface area contributed by atoms with E-state index in [0.29, 0.717) is 0 Å². The van der Waals surface area contributed by atoms with E-state index in [2.05, 4.69) is 42.9 Å². The van der Waals surface area contributed by atoms with Gasteiger partial charge in [-0.05, 0) is 19.4 Å². The van der Waals surface area contributed by atoms with Crippen molar-refractivity contribution >= 4 is 7.25 Å². The van der Waals surface area contributed by atoms with E-state index in [0.717, 1.165) is 0 Å². The predicted molar refractivity (Wildman–Crippen MR) is 84.2 cm³/mol. The van der Waals surface area contributed by atoms with Crippen LogP contribution in [-0.2, 0) is 6.54 Å². The van der Waals surface area contributed by atoms with Gasteiger partial charge in [0.05, 0.1) is 0 Å². The molecule has 0 fully saturated rings. The molecular weight excluding hydrogens is 293 g/mol. The minimum absolute atomic E-state index is 1.18. The Balaban J connectivity index is 0.000000763. The Morgan fingerprint density at radius 3 is 1.91 bits per heavy atom. The van der Waals surface area contributed by atoms with Crippen LogP contribution in [0.5, 0.6) is 0 Å². The van der Waals surface area contributed by atoms with Crippen molar-refractivity contribution in [3.8, 4) is 0 Å². The van der Waals surface area contributed by atoms with Gasteiger partial charge in [0.15, 0.2) is 12.4 Å². The molecule has 0 radical (unpaired) electrons. The molecule has 1 aromatic rings. The molecule has 0 amide bonds. The van der Waals surface area contributed by atoms with Crippen LogP contribution >= 0.6 is 0 Å². The van der Waals surface area contributed by atoms with Crippen LogP contribution in [0.3, 0.4) is 0 Å². The van der Waals surface area contributed by atoms with Crippen molar-refractivity contribution in [2.45, 2.75) is 71.8 Å². The topological polar surface area (TPSA) is 3.88 Å². The number of hydrogen-bond donors (Lipinski definition) is 0. The zero-order chi connectivity index (χ0) is 16.8. The smallest absolute Gasteiger partial charge is 0.418 e. The molecule has 128 valence electrons. The van der Waals surface area contributed by atoms with Crippen molar-refractivity contribution in [2.24, 2.45) is 0 Å². The summed E-state index contributed by atoms with van der Waals surface area (Å²) in [5.41, 5.74) is 1.35. The Labute approximate surface area is 131 Å². The van der Waals surface area contributed by atoms with Crippen LogP contribution < -0.4 is 4.57 Å². The molecule has 22 heavy (non-hydrogen) atoms. The molecule has 1 aromatic heterocycles. The van der Waals surface area contributed by atoms with Crippen molar-refractivity contribution in [3.05, 3.63) is 30.1 Å². The van der Waals surface area contributed by atoms with Crippen LogP contribution in [0.2, 0.25) is 0 Å². The number of aryl methyl sites for hydroxylation is 2. The van der Waals surface area contributed by atoms with Gasteiger partial charge in [0, 0.05) is 18.1 Å². The van der Waals surface area contributed by atoms with Gasteiger partial charge in [-0.3, -0.25) is 0 Å². The Morgan fingerprint density at radius 1 is 0.909 bits per heavy atom. The third kappa shape index (κ3) is 17.0. The van der Waals surface area contributed by atoms with Gasteiger partial charge in [-0.2, -0.15) is 0 Å². The minimum atomic E-state index is -6.00. The summed E-state index contributed by atoms with van der Waals surface area (Å²) in [4.78, 5) is 0. The summed E-state index contributed by atoms with van der Waals surface area (Å²) < 4.78 is 41.3. The highest BCUT2D eigenvalue weighted by Crippen LogP contribution is 2.08. The second kappa shape index (κ2) is 12.5. The fourth-order valence-electron chi connectivity index (χ4n) is 2.22. The normalized spacial score (nSPS) is 11.0. The molecule has 0 aliphatic carbocycles. The summed E-state index contributed by atoms with van der Waals surface area (Å²) in [7, 11) is -6.00. The quantitative estimate of drug-likeness (QED) is 0.237. The standard InChI is InChI=1S/C16H28N.BF4/c1-3-4-5-6-7-8-9-10-13-17-14-11-12-16(2)15-17;2-1(3,4)5/h11-12,14-15H,3-10,13H2,1-2H3;/q+1;-1. The Bertz CT molecular complexity index is 377. The summed E-state index contributed by atoms with van der Waals surface area (Å²) >= 11 is 0. The first-order chi connectivity index (χ1) is 10.3. The first-order valence-electron chi connectivity index (χ1n) is 8.16. The number of nitrogens with zero attached hydrogens (tertiary/aromatic N) is 1. The van der Waals surface area contributed by atoms with E-state index >= 15 is 0 Å². The van der Waals surface area contributed by atoms with Crippen molar-refractivity contribution in [2.75, 3.05) is 0 Å². The number of unbranched alkanes of at least 4 members (excludes halogenated alkanes) is 7. The molecule has 0 aliphatic heterocycles. The molecule has 0 spiro atoms. The van der Waals surface area contributed by atoms with Crippen LogP contribution in [0.15, 0.2) is 24.5 Å². The highest BCUT2D eigenvalue weighted by molar-refractivity contribution is 6.50. The first kappa shape index (κ1) is 20.9. The van der Waals surface area contributed by atoms with Gasteiger partial charge in [-0.25, -0.2) is 4.57 Å². The van der Waals surface area contributed by atoms with E-state index in [9.17, 15) is 17.3 Å². The molecule has 0 unspecified atom stereocenters. The monoisotopic (exact) mass is 321 g/mol. The molecule has 0 aromatic carbocycles. The number of pyridine rings is 1. The van der Waals surface area contributed by atoms with Crippen molar-refractivity contribution < 1.29 is 21.8 Å². The maximum Gasteiger partial charge on any atom is 0.673 e. The Kier molecular flexibility index (Phi) is 11.9. The second-order valence-electron chi connectivity index (χ2n) is 5.59. The lowest BCUT2D eigenvalue weighted by atomic mass is 10.1. The molecule has 1 nitrogen and oxygen atoms in total. The average Bonchev–Trinajstić information content (AvgIpc) is 2.40. The molecule has 1 heterocycles. The zero-order valence-electron chi connectivity index (χ0n) is 13.7. The Hall–Kier alpha value is -1.07. The SMILES string of the molecule is CCCCCCCCCC[n+]1cccc(C)c1.F[B-](F)(F)F. The van der Waals surface area contributed by atoms with E-state index < -0.39 is 7.25 Å². The van der Waals surface area contributed by atoms with E-state index in [1.807, 2.05) is 0 Å². The van der Waals surface area contributed by atoms with E-state index in [1.165, 1.54) is 63.5 Å². The van der Waals surface area contributed by atoms with Crippen molar-refractivity contribution in [3.63, 3.8) is 0 Å². The summed E-state index contributed by atoms with van der Waals surface area (Å²) in [6.45, 7) is 5.61. The lowest BCUT2D eigenvalue weighted by molar-refractivity contribution is -0.697. The lowest BCUT2D eigenvalue weighted by Gasteiger charge is -2.00. The summed E-state index contributed by atoms with van der Waals surface area (Å²) in [5.74, 6) is 0. The van der Waals surface area contributed by atoms with Gasteiger partial charge in [0.2, 0.25) is 0 Å². The maximum absolute atomic E-state index is 9.75. The van der Waals surface area contributed by atoms with Crippen molar-refractivity contribution in [1.29, 1.82) is 0 Å². The molecule has 0 atom stereocenters. The van der Waals surface area contributed by atoms with E-state index in [-0.39, 0.29) is 0 Å². The summed E-state index contributed by atoms with van der Waals surface area (Å²) in [6, 6.07) is 4.30. The second-order valence-corrected chi connectivity index (χ2v) is 5.59. The number of hydrogen-bond acceptors (Lipinski definition) is 0. The van der Waals surface area contributed by atoms with Gasteiger partial charge >= 0.3 is 7.25 Å². The van der Waals surface area contributed by atoms with E-state index in [4.69, 9.17) is 0 Å². The molecule has 0 saturated carbocycles. The molecule has 6 heteroatoms. The highest BCUT2D eigenvalue weighted by atomic mass is 19.5. The van der Waals surface area contributed by atoms with Gasteiger partial charge in [-0.15, -0.1) is 0 Å². The lowest BCUT2D eigenvalue weighted by Crippen LogP contribution is -2.32. The van der Waals surface area contributed by atoms with Crippen LogP contribution in [0.1, 0.15) is 63.9 Å². The molecule has 0 aliphatic rings. The highest BCUT2D eigenvalue weighted by Gasteiger charge is 2.20. The van der Waals surface area contributed by atoms with Crippen LogP contribution in [0.25, 0.3) is 0 Å². The average molecular weight is 321 g/mol. The predicted octanol–water partition coefficient (Wildman–Crippen LogP) is 5.72. The Morgan fingerprint density at radius 2 is 1.41 bits per heavy atom. The number of aromatic nitrogens is 1. The molecule has 1 rings (SSSR count). The zero-order valence-corrected chi connectivity index (χ0v) is 13.7. The third-order valence-electron chi connectivity index (χ3n) is 3.28.